The highest BCUT2D eigenvalue weighted by molar-refractivity contribution is 7.69. The van der Waals surface area contributed by atoms with Gasteiger partial charge in [0.1, 0.15) is 5.75 Å². The molecular formula is C21H32NOP. The van der Waals surface area contributed by atoms with E-state index in [2.05, 4.69) is 90.3 Å². The lowest BCUT2D eigenvalue weighted by Crippen LogP contribution is -2.33. The highest BCUT2D eigenvalue weighted by Gasteiger charge is 2.39. The smallest absolute Gasteiger partial charge is 0.128 e. The zero-order chi connectivity index (χ0) is 18.3. The van der Waals surface area contributed by atoms with Gasteiger partial charge in [-0.2, -0.15) is 0 Å². The molecule has 0 aliphatic heterocycles. The van der Waals surface area contributed by atoms with Gasteiger partial charge in [0.25, 0.3) is 0 Å². The van der Waals surface area contributed by atoms with E-state index in [1.54, 1.807) is 7.11 Å². The number of methoxy groups -OCH3 is 1. The van der Waals surface area contributed by atoms with E-state index in [-0.39, 0.29) is 10.3 Å². The zero-order valence-electron chi connectivity index (χ0n) is 16.7. The molecule has 0 saturated carbocycles. The van der Waals surface area contributed by atoms with Gasteiger partial charge >= 0.3 is 0 Å². The number of ether oxygens (including phenoxy) is 1. The molecule has 0 bridgehead atoms. The predicted octanol–water partition coefficient (Wildman–Crippen LogP) is 5.81. The molecule has 0 unspecified atom stereocenters. The fraction of sp³-hybridized carbons (Fsp3) is 0.524. The van der Waals surface area contributed by atoms with Crippen molar-refractivity contribution in [2.75, 3.05) is 7.11 Å². The van der Waals surface area contributed by atoms with Crippen LogP contribution in [0.4, 0.5) is 0 Å². The van der Waals surface area contributed by atoms with Gasteiger partial charge in [0.2, 0.25) is 0 Å². The lowest BCUT2D eigenvalue weighted by molar-refractivity contribution is 0.418. The minimum absolute atomic E-state index is 0.186. The molecule has 1 aromatic carbocycles. The fourth-order valence-electron chi connectivity index (χ4n) is 3.81. The summed E-state index contributed by atoms with van der Waals surface area (Å²) in [5, 5.41) is 1.75. The molecule has 24 heavy (non-hydrogen) atoms. The fourth-order valence-corrected chi connectivity index (χ4v) is 7.95. The molecule has 0 N–H and O–H groups in total. The summed E-state index contributed by atoms with van der Waals surface area (Å²) in [6.07, 6.45) is 0. The Bertz CT molecular complexity index is 683. The van der Waals surface area contributed by atoms with Crippen molar-refractivity contribution in [1.29, 1.82) is 0 Å². The predicted molar refractivity (Wildman–Crippen MR) is 108 cm³/mol. The average molecular weight is 345 g/mol. The molecule has 1 aromatic heterocycles. The Morgan fingerprint density at radius 1 is 0.833 bits per heavy atom. The van der Waals surface area contributed by atoms with E-state index in [4.69, 9.17) is 4.74 Å². The van der Waals surface area contributed by atoms with Crippen molar-refractivity contribution in [2.45, 2.75) is 65.7 Å². The second-order valence-electron chi connectivity index (χ2n) is 8.46. The van der Waals surface area contributed by atoms with Crippen molar-refractivity contribution in [1.82, 2.24) is 4.57 Å². The molecule has 2 aromatic rings. The van der Waals surface area contributed by atoms with Crippen LogP contribution in [-0.2, 0) is 0 Å². The molecule has 0 atom stereocenters. The van der Waals surface area contributed by atoms with Crippen molar-refractivity contribution >= 4 is 13.2 Å². The number of hydrogen-bond acceptors (Lipinski definition) is 1. The van der Waals surface area contributed by atoms with Gasteiger partial charge in [-0.05, 0) is 48.4 Å². The first-order valence-electron chi connectivity index (χ1n) is 8.61. The van der Waals surface area contributed by atoms with Crippen LogP contribution in [0.3, 0.4) is 0 Å². The molecule has 0 aliphatic carbocycles. The summed E-state index contributed by atoms with van der Waals surface area (Å²) in [4.78, 5) is 0. The molecule has 0 amide bonds. The van der Waals surface area contributed by atoms with E-state index in [1.165, 1.54) is 22.4 Å². The summed E-state index contributed by atoms with van der Waals surface area (Å²) in [5.74, 6) is 1.01. The first-order valence-corrected chi connectivity index (χ1v) is 9.95. The van der Waals surface area contributed by atoms with Gasteiger partial charge in [-0.25, -0.2) is 0 Å². The van der Waals surface area contributed by atoms with Crippen LogP contribution >= 0.6 is 7.92 Å². The number of aryl methyl sites for hydroxylation is 2. The first kappa shape index (κ1) is 19.1. The van der Waals surface area contributed by atoms with E-state index < -0.39 is 7.92 Å². The minimum atomic E-state index is -0.461. The molecule has 0 saturated heterocycles. The van der Waals surface area contributed by atoms with Crippen molar-refractivity contribution < 1.29 is 4.74 Å². The van der Waals surface area contributed by atoms with Gasteiger partial charge in [-0.3, -0.25) is 0 Å². The highest BCUT2D eigenvalue weighted by Crippen LogP contribution is 2.60. The summed E-state index contributed by atoms with van der Waals surface area (Å²) in [5.41, 5.74) is 3.80. The van der Waals surface area contributed by atoms with Gasteiger partial charge in [-0.1, -0.05) is 55.5 Å². The van der Waals surface area contributed by atoms with Gasteiger partial charge < -0.3 is 9.30 Å². The Morgan fingerprint density at radius 3 is 1.75 bits per heavy atom. The second kappa shape index (κ2) is 6.56. The van der Waals surface area contributed by atoms with Crippen molar-refractivity contribution in [3.63, 3.8) is 0 Å². The van der Waals surface area contributed by atoms with Gasteiger partial charge in [0.05, 0.1) is 12.8 Å². The summed E-state index contributed by atoms with van der Waals surface area (Å²) < 4.78 is 8.20. The van der Waals surface area contributed by atoms with E-state index in [9.17, 15) is 0 Å². The van der Waals surface area contributed by atoms with Crippen molar-refractivity contribution in [2.24, 2.45) is 0 Å². The molecule has 132 valence electrons. The maximum absolute atomic E-state index is 5.84. The van der Waals surface area contributed by atoms with Gasteiger partial charge in [0, 0.05) is 16.7 Å². The molecule has 2 rings (SSSR count). The quantitative estimate of drug-likeness (QED) is 0.641. The lowest BCUT2D eigenvalue weighted by atomic mass is 10.2. The Hall–Kier alpha value is -1.27. The lowest BCUT2D eigenvalue weighted by Gasteiger charge is -2.43. The van der Waals surface area contributed by atoms with Crippen molar-refractivity contribution in [3.05, 3.63) is 41.7 Å². The Kier molecular flexibility index (Phi) is 5.21. The molecule has 0 aliphatic rings. The molecule has 3 heteroatoms. The van der Waals surface area contributed by atoms with Crippen LogP contribution in [0.15, 0.2) is 30.3 Å². The maximum Gasteiger partial charge on any atom is 0.128 e. The van der Waals surface area contributed by atoms with Crippen LogP contribution in [0.1, 0.15) is 52.9 Å². The molecule has 0 fully saturated rings. The third kappa shape index (κ3) is 3.54. The summed E-state index contributed by atoms with van der Waals surface area (Å²) >= 11 is 0. The largest absolute Gasteiger partial charge is 0.496 e. The van der Waals surface area contributed by atoms with Crippen LogP contribution < -0.4 is 10.0 Å². The number of rotatable bonds is 3. The first-order chi connectivity index (χ1) is 11.0. The third-order valence-corrected chi connectivity index (χ3v) is 7.85. The summed E-state index contributed by atoms with van der Waals surface area (Å²) in [6, 6.07) is 10.8. The Labute approximate surface area is 149 Å². The van der Waals surface area contributed by atoms with Crippen LogP contribution in [-0.4, -0.2) is 22.0 Å². The van der Waals surface area contributed by atoms with E-state index in [0.29, 0.717) is 0 Å². The molecule has 2 nitrogen and oxygen atoms in total. The topological polar surface area (TPSA) is 14.2 Å². The number of hydrogen-bond donors (Lipinski definition) is 0. The zero-order valence-corrected chi connectivity index (χ0v) is 17.6. The Morgan fingerprint density at radius 2 is 1.33 bits per heavy atom. The highest BCUT2D eigenvalue weighted by atomic mass is 31.1. The van der Waals surface area contributed by atoms with Crippen LogP contribution in [0.25, 0.3) is 5.69 Å². The normalized spacial score (nSPS) is 12.8. The van der Waals surface area contributed by atoms with Gasteiger partial charge in [0.15, 0.2) is 0 Å². The number of aromatic nitrogens is 1. The molecule has 1 heterocycles. The summed E-state index contributed by atoms with van der Waals surface area (Å²) in [6.45, 7) is 18.5. The minimum Gasteiger partial charge on any atom is -0.496 e. The second-order valence-corrected chi connectivity index (χ2v) is 12.3. The Balaban J connectivity index is 2.86. The van der Waals surface area contributed by atoms with E-state index in [0.717, 1.165) is 5.75 Å². The van der Waals surface area contributed by atoms with Gasteiger partial charge in [-0.15, -0.1) is 0 Å². The third-order valence-electron chi connectivity index (χ3n) is 4.27. The molecule has 0 spiro atoms. The summed E-state index contributed by atoms with van der Waals surface area (Å²) in [7, 11) is 1.33. The molecular weight excluding hydrogens is 313 g/mol. The van der Waals surface area contributed by atoms with Crippen LogP contribution in [0, 0.1) is 13.8 Å². The number of benzene rings is 1. The standard InChI is InChI=1S/C21H32NOP/c1-15-13-14-16(2)22(15)17-11-10-12-18(23-9)19(17)24(20(3,4)5)21(6,7)8/h10-14H,1-9H3. The monoisotopic (exact) mass is 345 g/mol. The average Bonchev–Trinajstić information content (AvgIpc) is 2.75. The van der Waals surface area contributed by atoms with Crippen LogP contribution in [0.5, 0.6) is 5.75 Å². The van der Waals surface area contributed by atoms with E-state index in [1.807, 2.05) is 0 Å². The SMILES string of the molecule is COc1cccc(-n2c(C)ccc2C)c1P(C(C)(C)C)C(C)(C)C. The van der Waals surface area contributed by atoms with Crippen LogP contribution in [0.2, 0.25) is 0 Å². The van der Waals surface area contributed by atoms with Crippen molar-refractivity contribution in [3.8, 4) is 11.4 Å². The molecule has 0 radical (unpaired) electrons. The van der Waals surface area contributed by atoms with E-state index >= 15 is 0 Å². The maximum atomic E-state index is 5.84. The number of nitrogens with zero attached hydrogens (tertiary/aromatic N) is 1.